The van der Waals surface area contributed by atoms with Crippen LogP contribution < -0.4 is 11.2 Å². The second-order valence-corrected chi connectivity index (χ2v) is 4.65. The van der Waals surface area contributed by atoms with Crippen LogP contribution in [-0.4, -0.2) is 24.9 Å². The molecule has 0 atom stereocenters. The van der Waals surface area contributed by atoms with E-state index in [1.165, 1.54) is 17.9 Å². The molecular weight excluding hydrogens is 272 g/mol. The molecule has 3 rings (SSSR count). The molecule has 0 aliphatic rings. The van der Waals surface area contributed by atoms with Gasteiger partial charge < -0.3 is 4.57 Å². The maximum absolute atomic E-state index is 12.2. The maximum atomic E-state index is 12.2. The first-order valence-electron chi connectivity index (χ1n) is 6.30. The zero-order valence-corrected chi connectivity index (χ0v) is 11.2. The third-order valence-electron chi connectivity index (χ3n) is 3.28. The summed E-state index contributed by atoms with van der Waals surface area (Å²) in [6.45, 7) is 0.00359. The Hall–Kier alpha value is -2.96. The smallest absolute Gasteiger partial charge is 0.309 e. The molecule has 0 spiro atoms. The molecule has 0 saturated heterocycles. The van der Waals surface area contributed by atoms with Crippen LogP contribution in [0, 0.1) is 0 Å². The number of hydrogen-bond donors (Lipinski definition) is 1. The van der Waals surface area contributed by atoms with Crippen LogP contribution in [0.5, 0.6) is 0 Å². The van der Waals surface area contributed by atoms with Crippen LogP contribution in [-0.2, 0) is 13.6 Å². The quantitative estimate of drug-likeness (QED) is 0.701. The molecule has 0 fully saturated rings. The van der Waals surface area contributed by atoms with Crippen LogP contribution in [0.2, 0.25) is 0 Å². The topological polar surface area (TPSA) is 89.8 Å². The highest BCUT2D eigenvalue weighted by Gasteiger charge is 2.13. The number of imidazole rings is 1. The lowest BCUT2D eigenvalue weighted by atomic mass is 10.1. The number of Topliss-reactive ketones (excluding diaryl/α,β-unsaturated/α-hetero) is 1. The van der Waals surface area contributed by atoms with E-state index < -0.39 is 11.2 Å². The van der Waals surface area contributed by atoms with Gasteiger partial charge in [-0.25, -0.2) is 9.78 Å². The van der Waals surface area contributed by atoms with Gasteiger partial charge in [0.25, 0.3) is 5.56 Å². The van der Waals surface area contributed by atoms with Gasteiger partial charge in [0, 0.05) is 12.6 Å². The van der Waals surface area contributed by atoms with E-state index >= 15 is 0 Å². The zero-order chi connectivity index (χ0) is 15.0. The minimum atomic E-state index is -0.540. The lowest BCUT2D eigenvalue weighted by molar-refractivity contribution is 0.0973. The molecule has 0 aliphatic carbocycles. The van der Waals surface area contributed by atoms with E-state index in [1.54, 1.807) is 24.3 Å². The second-order valence-electron chi connectivity index (χ2n) is 4.65. The highest BCUT2D eigenvalue weighted by Crippen LogP contribution is 2.07. The summed E-state index contributed by atoms with van der Waals surface area (Å²) in [5.74, 6) is -0.128. The van der Waals surface area contributed by atoms with Crippen LogP contribution in [0.3, 0.4) is 0 Å². The molecule has 1 aromatic carbocycles. The van der Waals surface area contributed by atoms with Crippen LogP contribution in [0.25, 0.3) is 11.2 Å². The number of hydrogen-bond acceptors (Lipinski definition) is 4. The fourth-order valence-electron chi connectivity index (χ4n) is 2.10. The second kappa shape index (κ2) is 4.86. The number of carbonyl (C=O) groups is 1. The van der Waals surface area contributed by atoms with Crippen LogP contribution in [0.15, 0.2) is 46.2 Å². The predicted molar refractivity (Wildman–Crippen MR) is 76.4 cm³/mol. The van der Waals surface area contributed by atoms with Crippen molar-refractivity contribution >= 4 is 16.9 Å². The Labute approximate surface area is 118 Å². The Morgan fingerprint density at radius 3 is 2.67 bits per heavy atom. The van der Waals surface area contributed by atoms with E-state index in [0.717, 1.165) is 4.57 Å². The third kappa shape index (κ3) is 2.18. The average Bonchev–Trinajstić information content (AvgIpc) is 2.89. The number of rotatable bonds is 3. The number of aromatic nitrogens is 4. The van der Waals surface area contributed by atoms with Crippen molar-refractivity contribution in [2.45, 2.75) is 6.54 Å². The molecule has 0 saturated carbocycles. The monoisotopic (exact) mass is 284 g/mol. The molecule has 7 nitrogen and oxygen atoms in total. The summed E-state index contributed by atoms with van der Waals surface area (Å²) in [7, 11) is 1.37. The molecule has 0 unspecified atom stereocenters. The number of H-pyrrole nitrogens is 1. The predicted octanol–water partition coefficient (Wildman–Crippen LogP) is 0.306. The molecule has 3 aromatic rings. The molecule has 0 radical (unpaired) electrons. The fraction of sp³-hybridized carbons (Fsp3) is 0.143. The Bertz CT molecular complexity index is 934. The van der Waals surface area contributed by atoms with Crippen molar-refractivity contribution in [2.75, 3.05) is 0 Å². The number of carbonyl (C=O) groups excluding carboxylic acids is 1. The normalized spacial score (nSPS) is 10.9. The van der Waals surface area contributed by atoms with Gasteiger partial charge in [0.2, 0.25) is 0 Å². The fourth-order valence-corrected chi connectivity index (χ4v) is 2.10. The van der Waals surface area contributed by atoms with Crippen LogP contribution in [0.4, 0.5) is 0 Å². The number of nitrogens with one attached hydrogen (secondary N) is 1. The summed E-state index contributed by atoms with van der Waals surface area (Å²) < 4.78 is 2.41. The Balaban J connectivity index is 2.05. The first-order chi connectivity index (χ1) is 10.1. The molecule has 21 heavy (non-hydrogen) atoms. The van der Waals surface area contributed by atoms with Crippen molar-refractivity contribution in [3.8, 4) is 0 Å². The van der Waals surface area contributed by atoms with Crippen LogP contribution >= 0.6 is 0 Å². The van der Waals surface area contributed by atoms with Gasteiger partial charge in [0.1, 0.15) is 5.65 Å². The van der Waals surface area contributed by atoms with Gasteiger partial charge in [0.15, 0.2) is 11.3 Å². The first kappa shape index (κ1) is 13.0. The van der Waals surface area contributed by atoms with E-state index in [4.69, 9.17) is 0 Å². The SMILES string of the molecule is Cn1c(=O)[nH]c2c(ncn2CC(=O)c2ccccc2)c1=O. The van der Waals surface area contributed by atoms with Gasteiger partial charge in [-0.3, -0.25) is 19.1 Å². The molecule has 106 valence electrons. The van der Waals surface area contributed by atoms with Gasteiger partial charge in [-0.05, 0) is 0 Å². The maximum Gasteiger partial charge on any atom is 0.329 e. The van der Waals surface area contributed by atoms with E-state index in [-0.39, 0.29) is 23.5 Å². The summed E-state index contributed by atoms with van der Waals surface area (Å²) in [4.78, 5) is 42.2. The van der Waals surface area contributed by atoms with Crippen molar-refractivity contribution in [2.24, 2.45) is 7.05 Å². The van der Waals surface area contributed by atoms with Gasteiger partial charge in [0.05, 0.1) is 12.9 Å². The Kier molecular flexibility index (Phi) is 3.02. The van der Waals surface area contributed by atoms with Crippen molar-refractivity contribution in [3.05, 3.63) is 63.1 Å². The highest BCUT2D eigenvalue weighted by molar-refractivity contribution is 5.96. The molecule has 7 heteroatoms. The van der Waals surface area contributed by atoms with Gasteiger partial charge in [-0.1, -0.05) is 30.3 Å². The minimum absolute atomic E-state index is 0.00359. The van der Waals surface area contributed by atoms with Crippen molar-refractivity contribution in [1.82, 2.24) is 19.1 Å². The van der Waals surface area contributed by atoms with E-state index in [9.17, 15) is 14.4 Å². The lowest BCUT2D eigenvalue weighted by Crippen LogP contribution is -2.32. The molecule has 0 amide bonds. The average molecular weight is 284 g/mol. The molecule has 0 bridgehead atoms. The highest BCUT2D eigenvalue weighted by atomic mass is 16.2. The van der Waals surface area contributed by atoms with Crippen LogP contribution in [0.1, 0.15) is 10.4 Å². The van der Waals surface area contributed by atoms with Crippen molar-refractivity contribution in [3.63, 3.8) is 0 Å². The first-order valence-corrected chi connectivity index (χ1v) is 6.30. The standard InChI is InChI=1S/C14H12N4O3/c1-17-13(20)11-12(16-14(17)21)18(8-15-11)7-10(19)9-5-3-2-4-6-9/h2-6,8H,7H2,1H3,(H,16,21). The molecule has 2 heterocycles. The van der Waals surface area contributed by atoms with Gasteiger partial charge in [-0.15, -0.1) is 0 Å². The van der Waals surface area contributed by atoms with E-state index in [0.29, 0.717) is 5.56 Å². The number of fused-ring (bicyclic) bond motifs is 1. The third-order valence-corrected chi connectivity index (χ3v) is 3.28. The zero-order valence-electron chi connectivity index (χ0n) is 11.2. The summed E-state index contributed by atoms with van der Waals surface area (Å²) in [5.41, 5.74) is -0.0723. The lowest BCUT2D eigenvalue weighted by Gasteiger charge is -2.04. The van der Waals surface area contributed by atoms with E-state index in [1.807, 2.05) is 6.07 Å². The number of ketones is 1. The molecule has 0 aliphatic heterocycles. The van der Waals surface area contributed by atoms with Gasteiger partial charge >= 0.3 is 5.69 Å². The number of benzene rings is 1. The molecule has 1 N–H and O–H groups in total. The number of nitrogens with zero attached hydrogens (tertiary/aromatic N) is 3. The minimum Gasteiger partial charge on any atom is -0.309 e. The summed E-state index contributed by atoms with van der Waals surface area (Å²) in [5, 5.41) is 0. The largest absolute Gasteiger partial charge is 0.329 e. The van der Waals surface area contributed by atoms with Gasteiger partial charge in [-0.2, -0.15) is 0 Å². The van der Waals surface area contributed by atoms with E-state index in [2.05, 4.69) is 9.97 Å². The Morgan fingerprint density at radius 1 is 1.24 bits per heavy atom. The number of aromatic amines is 1. The summed E-state index contributed by atoms with van der Waals surface area (Å²) in [6.07, 6.45) is 1.38. The summed E-state index contributed by atoms with van der Waals surface area (Å²) >= 11 is 0. The summed E-state index contributed by atoms with van der Waals surface area (Å²) in [6, 6.07) is 8.80. The van der Waals surface area contributed by atoms with Crippen molar-refractivity contribution in [1.29, 1.82) is 0 Å². The van der Waals surface area contributed by atoms with Crippen molar-refractivity contribution < 1.29 is 4.79 Å². The Morgan fingerprint density at radius 2 is 1.95 bits per heavy atom. The molecular formula is C14H12N4O3. The molecule has 2 aromatic heterocycles.